The van der Waals surface area contributed by atoms with Crippen LogP contribution in [0.3, 0.4) is 0 Å². The third kappa shape index (κ3) is 6.06. The highest BCUT2D eigenvalue weighted by atomic mass is 15.1. The summed E-state index contributed by atoms with van der Waals surface area (Å²) in [5, 5.41) is 0. The molecule has 0 heterocycles. The van der Waals surface area contributed by atoms with Gasteiger partial charge in [0.05, 0.1) is 0 Å². The van der Waals surface area contributed by atoms with Crippen molar-refractivity contribution < 1.29 is 0 Å². The molecule has 190 valence electrons. The summed E-state index contributed by atoms with van der Waals surface area (Å²) < 4.78 is 0. The van der Waals surface area contributed by atoms with E-state index in [1.807, 2.05) is 0 Å². The van der Waals surface area contributed by atoms with Crippen molar-refractivity contribution in [3.8, 4) is 0 Å². The van der Waals surface area contributed by atoms with Crippen molar-refractivity contribution >= 4 is 17.1 Å². The third-order valence-electron chi connectivity index (χ3n) is 7.46. The standard InChI is InChI=1S/C37H37N/c1-27-5-16-32(17-6-27)37(33-18-7-28(2)8-19-33)26-15-31-13-24-36(25-14-31)38(34-20-9-29(3)10-21-34)35-22-11-30(4)12-23-35/h5-14,16-25,37H,15,26H2,1-4H3. The molecule has 0 atom stereocenters. The van der Waals surface area contributed by atoms with E-state index in [0.717, 1.165) is 12.8 Å². The lowest BCUT2D eigenvalue weighted by Crippen LogP contribution is -2.10. The van der Waals surface area contributed by atoms with Crippen LogP contribution in [0.5, 0.6) is 0 Å². The van der Waals surface area contributed by atoms with Gasteiger partial charge >= 0.3 is 0 Å². The number of nitrogens with zero attached hydrogens (tertiary/aromatic N) is 1. The number of hydrogen-bond acceptors (Lipinski definition) is 1. The van der Waals surface area contributed by atoms with E-state index in [1.165, 1.54) is 56.0 Å². The van der Waals surface area contributed by atoms with Gasteiger partial charge in [-0.05, 0) is 93.6 Å². The quantitative estimate of drug-likeness (QED) is 0.207. The first-order valence-electron chi connectivity index (χ1n) is 13.6. The van der Waals surface area contributed by atoms with Crippen molar-refractivity contribution in [2.24, 2.45) is 0 Å². The van der Waals surface area contributed by atoms with Gasteiger partial charge in [0.25, 0.3) is 0 Å². The fourth-order valence-electron chi connectivity index (χ4n) is 5.08. The molecule has 0 radical (unpaired) electrons. The number of benzene rings is 5. The molecule has 0 saturated heterocycles. The van der Waals surface area contributed by atoms with Crippen LogP contribution >= 0.6 is 0 Å². The number of anilines is 3. The van der Waals surface area contributed by atoms with Crippen molar-refractivity contribution in [3.63, 3.8) is 0 Å². The van der Waals surface area contributed by atoms with Crippen LogP contribution in [0.4, 0.5) is 17.1 Å². The molecule has 0 saturated carbocycles. The van der Waals surface area contributed by atoms with Gasteiger partial charge in [0.1, 0.15) is 0 Å². The van der Waals surface area contributed by atoms with E-state index in [0.29, 0.717) is 5.92 Å². The molecule has 5 aromatic rings. The van der Waals surface area contributed by atoms with Gasteiger partial charge in [-0.25, -0.2) is 0 Å². The van der Waals surface area contributed by atoms with Crippen LogP contribution in [0.25, 0.3) is 0 Å². The van der Waals surface area contributed by atoms with E-state index in [1.54, 1.807) is 0 Å². The van der Waals surface area contributed by atoms with Gasteiger partial charge in [-0.2, -0.15) is 0 Å². The molecule has 0 aliphatic carbocycles. The first-order valence-corrected chi connectivity index (χ1v) is 13.6. The third-order valence-corrected chi connectivity index (χ3v) is 7.46. The summed E-state index contributed by atoms with van der Waals surface area (Å²) in [5.74, 6) is 0.382. The van der Waals surface area contributed by atoms with E-state index < -0.39 is 0 Å². The average Bonchev–Trinajstić information content (AvgIpc) is 2.94. The fraction of sp³-hybridized carbons (Fsp3) is 0.189. The Hall–Kier alpha value is -4.10. The minimum Gasteiger partial charge on any atom is -0.311 e. The molecule has 0 amide bonds. The van der Waals surface area contributed by atoms with E-state index >= 15 is 0 Å². The summed E-state index contributed by atoms with van der Waals surface area (Å²) in [6.45, 7) is 8.58. The van der Waals surface area contributed by atoms with Crippen LogP contribution in [0.15, 0.2) is 121 Å². The molecule has 1 heteroatoms. The lowest BCUT2D eigenvalue weighted by Gasteiger charge is -2.26. The molecule has 0 fully saturated rings. The molecule has 5 aromatic carbocycles. The monoisotopic (exact) mass is 495 g/mol. The smallest absolute Gasteiger partial charge is 0.0461 e. The Morgan fingerprint density at radius 1 is 0.421 bits per heavy atom. The van der Waals surface area contributed by atoms with Crippen LogP contribution in [0.2, 0.25) is 0 Å². The van der Waals surface area contributed by atoms with Gasteiger partial charge in [-0.1, -0.05) is 107 Å². The van der Waals surface area contributed by atoms with Crippen molar-refractivity contribution in [2.45, 2.75) is 46.5 Å². The van der Waals surface area contributed by atoms with Crippen LogP contribution in [-0.4, -0.2) is 0 Å². The lowest BCUT2D eigenvalue weighted by molar-refractivity contribution is 0.715. The Labute approximate surface area is 228 Å². The fourth-order valence-corrected chi connectivity index (χ4v) is 5.08. The summed E-state index contributed by atoms with van der Waals surface area (Å²) in [7, 11) is 0. The summed E-state index contributed by atoms with van der Waals surface area (Å²) >= 11 is 0. The molecular weight excluding hydrogens is 458 g/mol. The summed E-state index contributed by atoms with van der Waals surface area (Å²) in [6, 6.07) is 44.8. The Bertz CT molecular complexity index is 1350. The van der Waals surface area contributed by atoms with Crippen LogP contribution < -0.4 is 4.90 Å². The summed E-state index contributed by atoms with van der Waals surface area (Å²) in [5.41, 5.74) is 12.8. The predicted molar refractivity (Wildman–Crippen MR) is 163 cm³/mol. The highest BCUT2D eigenvalue weighted by Crippen LogP contribution is 2.35. The molecular formula is C37H37N. The second-order valence-corrected chi connectivity index (χ2v) is 10.6. The maximum Gasteiger partial charge on any atom is 0.0461 e. The Morgan fingerprint density at radius 2 is 0.737 bits per heavy atom. The van der Waals surface area contributed by atoms with E-state index in [4.69, 9.17) is 0 Å². The molecule has 0 aromatic heterocycles. The number of rotatable bonds is 8. The molecule has 1 nitrogen and oxygen atoms in total. The van der Waals surface area contributed by atoms with E-state index in [9.17, 15) is 0 Å². The maximum absolute atomic E-state index is 2.34. The highest BCUT2D eigenvalue weighted by Gasteiger charge is 2.16. The van der Waals surface area contributed by atoms with Gasteiger partial charge in [-0.15, -0.1) is 0 Å². The Balaban J connectivity index is 1.40. The van der Waals surface area contributed by atoms with Crippen LogP contribution in [0, 0.1) is 27.7 Å². The second kappa shape index (κ2) is 11.5. The summed E-state index contributed by atoms with van der Waals surface area (Å²) in [6.07, 6.45) is 2.10. The lowest BCUT2D eigenvalue weighted by atomic mass is 9.85. The zero-order valence-corrected chi connectivity index (χ0v) is 23.0. The van der Waals surface area contributed by atoms with Gasteiger partial charge < -0.3 is 4.90 Å². The van der Waals surface area contributed by atoms with Crippen LogP contribution in [-0.2, 0) is 6.42 Å². The molecule has 0 spiro atoms. The first kappa shape index (κ1) is 25.5. The van der Waals surface area contributed by atoms with Crippen molar-refractivity contribution in [2.75, 3.05) is 4.90 Å². The van der Waals surface area contributed by atoms with Crippen molar-refractivity contribution in [1.82, 2.24) is 0 Å². The molecule has 0 bridgehead atoms. The van der Waals surface area contributed by atoms with Crippen molar-refractivity contribution in [1.29, 1.82) is 0 Å². The van der Waals surface area contributed by atoms with E-state index in [-0.39, 0.29) is 0 Å². The maximum atomic E-state index is 2.34. The minimum atomic E-state index is 0.382. The first-order chi connectivity index (χ1) is 18.5. The molecule has 0 N–H and O–H groups in total. The summed E-state index contributed by atoms with van der Waals surface area (Å²) in [4.78, 5) is 2.34. The molecule has 0 aliphatic rings. The molecule has 0 unspecified atom stereocenters. The van der Waals surface area contributed by atoms with Gasteiger partial charge in [0.15, 0.2) is 0 Å². The zero-order chi connectivity index (χ0) is 26.5. The SMILES string of the molecule is Cc1ccc(C(CCc2ccc(N(c3ccc(C)cc3)c3ccc(C)cc3)cc2)c2ccc(C)cc2)cc1. The van der Waals surface area contributed by atoms with E-state index in [2.05, 4.69) is 154 Å². The molecule has 5 rings (SSSR count). The van der Waals surface area contributed by atoms with Gasteiger partial charge in [0, 0.05) is 23.0 Å². The molecule has 0 aliphatic heterocycles. The normalized spacial score (nSPS) is 11.1. The average molecular weight is 496 g/mol. The predicted octanol–water partition coefficient (Wildman–Crippen LogP) is 10.2. The van der Waals surface area contributed by atoms with Gasteiger partial charge in [-0.3, -0.25) is 0 Å². The highest BCUT2D eigenvalue weighted by molar-refractivity contribution is 5.76. The number of aryl methyl sites for hydroxylation is 5. The number of hydrogen-bond donors (Lipinski definition) is 0. The topological polar surface area (TPSA) is 3.24 Å². The van der Waals surface area contributed by atoms with Crippen molar-refractivity contribution in [3.05, 3.63) is 160 Å². The largest absolute Gasteiger partial charge is 0.311 e. The molecule has 38 heavy (non-hydrogen) atoms. The Morgan fingerprint density at radius 3 is 1.11 bits per heavy atom. The zero-order valence-electron chi connectivity index (χ0n) is 23.0. The van der Waals surface area contributed by atoms with Crippen LogP contribution in [0.1, 0.15) is 51.3 Å². The van der Waals surface area contributed by atoms with Gasteiger partial charge in [0.2, 0.25) is 0 Å². The Kier molecular flexibility index (Phi) is 7.75. The minimum absolute atomic E-state index is 0.382. The second-order valence-electron chi connectivity index (χ2n) is 10.6.